The summed E-state index contributed by atoms with van der Waals surface area (Å²) in [7, 11) is 0. The van der Waals surface area contributed by atoms with E-state index in [4.69, 9.17) is 6.34 Å². The van der Waals surface area contributed by atoms with Gasteiger partial charge in [-0.1, -0.05) is 0 Å². The first-order valence-corrected chi connectivity index (χ1v) is 0.365. The Hall–Kier alpha value is 0.0234. The van der Waals surface area contributed by atoms with Gasteiger partial charge in [-0.15, -0.1) is 4.91 Å². The van der Waals surface area contributed by atoms with Gasteiger partial charge >= 0.3 is 1.43 Å². The summed E-state index contributed by atoms with van der Waals surface area (Å²) in [5.74, 6) is 0. The van der Waals surface area contributed by atoms with Crippen LogP contribution in [0.15, 0.2) is 5.34 Å². The van der Waals surface area contributed by atoms with Crippen molar-refractivity contribution >= 4 is 0 Å². The van der Waals surface area contributed by atoms with Gasteiger partial charge in [-0.3, -0.25) is 0 Å². The minimum atomic E-state index is 0. The van der Waals surface area contributed by atoms with Gasteiger partial charge in [-0.25, -0.2) is 0 Å². The molecule has 0 aliphatic rings. The molecule has 0 saturated carbocycles. The van der Waals surface area contributed by atoms with Gasteiger partial charge < -0.3 is 5.21 Å². The standard InChI is InChI=1S/HNO2.Rh/c2-1-3;/h(H,2,3);/i/hD. The predicted octanol–water partition coefficient (Wildman–Crippen LogP) is 0.140. The molecule has 0 atom stereocenters. The largest absolute Gasteiger partial charge is 0.379 e. The smallest absolute Gasteiger partial charge is 0.333 e. The van der Waals surface area contributed by atoms with Gasteiger partial charge in [0, 0.05) is 19.5 Å². The topological polar surface area (TPSA) is 49.7 Å². The first kappa shape index (κ1) is 4.02. The van der Waals surface area contributed by atoms with Crippen LogP contribution in [0.4, 0.5) is 0 Å². The number of hydrogen-bond acceptors (Lipinski definition) is 3. The van der Waals surface area contributed by atoms with Crippen molar-refractivity contribution in [2.24, 2.45) is 5.34 Å². The van der Waals surface area contributed by atoms with E-state index >= 15 is 0 Å². The Balaban J connectivity index is 0. The molecular formula is HNO2Rh. The molecule has 0 bridgehead atoms. The van der Waals surface area contributed by atoms with E-state index < -0.39 is 0 Å². The molecule has 0 saturated heterocycles. The van der Waals surface area contributed by atoms with Crippen molar-refractivity contribution < 1.29 is 26.1 Å². The van der Waals surface area contributed by atoms with E-state index in [1.165, 1.54) is 0 Å². The van der Waals surface area contributed by atoms with E-state index in [0.29, 0.717) is 0 Å². The fourth-order valence-corrected chi connectivity index (χ4v) is 0. The molecule has 0 aromatic carbocycles. The summed E-state index contributed by atoms with van der Waals surface area (Å²) < 4.78 is 5.47. The first-order valence-electron chi connectivity index (χ1n) is 0.773. The monoisotopic (exact) mass is 151 g/mol. The Morgan fingerprint density at radius 1 is 2.25 bits per heavy atom. The van der Waals surface area contributed by atoms with Gasteiger partial charge in [0.15, 0.2) is 5.34 Å². The molecular weight excluding hydrogens is 149 g/mol. The molecule has 0 aliphatic carbocycles. The molecule has 4 heteroatoms. The van der Waals surface area contributed by atoms with Crippen LogP contribution in [-0.4, -0.2) is 5.21 Å². The van der Waals surface area contributed by atoms with Crippen LogP contribution in [0, 0.1) is 4.91 Å². The quantitative estimate of drug-likeness (QED) is 0.329. The molecule has 4 heavy (non-hydrogen) atoms. The second-order valence-corrected chi connectivity index (χ2v) is 0.0745. The van der Waals surface area contributed by atoms with Crippen LogP contribution in [0.3, 0.4) is 0 Å². The van der Waals surface area contributed by atoms with Crippen LogP contribution < -0.4 is 0 Å². The van der Waals surface area contributed by atoms with Gasteiger partial charge in [0.1, 0.15) is 0 Å². The second kappa shape index (κ2) is 11.8. The minimum absolute atomic E-state index is 0. The molecule has 0 unspecified atom stereocenters. The van der Waals surface area contributed by atoms with Gasteiger partial charge in [-0.05, 0) is 0 Å². The minimum Gasteiger partial charge on any atom is -0.379 e. The van der Waals surface area contributed by atoms with Crippen molar-refractivity contribution in [2.75, 3.05) is 0 Å². The van der Waals surface area contributed by atoms with Crippen molar-refractivity contribution in [3.8, 4) is 0 Å². The molecule has 0 aromatic heterocycles. The van der Waals surface area contributed by atoms with Crippen LogP contribution in [0.2, 0.25) is 1.43 Å². The third kappa shape index (κ3) is 3880. The summed E-state index contributed by atoms with van der Waals surface area (Å²) in [6.07, 6.45) is 0. The summed E-state index contributed by atoms with van der Waals surface area (Å²) in [6, 6.07) is 0. The van der Waals surface area contributed by atoms with Crippen molar-refractivity contribution in [3.05, 3.63) is 4.91 Å². The van der Waals surface area contributed by atoms with E-state index in [1.807, 2.05) is 0 Å². The molecule has 0 heterocycles. The van der Waals surface area contributed by atoms with Crippen LogP contribution in [0.1, 0.15) is 0 Å². The number of nitrogens with zero attached hydrogens (tertiary/aromatic N) is 1. The van der Waals surface area contributed by atoms with Gasteiger partial charge in [0.05, 0.1) is 0 Å². The van der Waals surface area contributed by atoms with Crippen molar-refractivity contribution in [1.29, 1.82) is 0 Å². The van der Waals surface area contributed by atoms with Crippen LogP contribution >= 0.6 is 0 Å². The summed E-state index contributed by atoms with van der Waals surface area (Å²) in [6.45, 7) is 0. The van der Waals surface area contributed by atoms with Gasteiger partial charge in [0.2, 0.25) is 0 Å². The Labute approximate surface area is 37.2 Å². The molecule has 0 fully saturated rings. The zero-order valence-electron chi connectivity index (χ0n) is 2.60. The van der Waals surface area contributed by atoms with E-state index in [-0.39, 0.29) is 19.5 Å². The predicted molar refractivity (Wildman–Crippen MR) is 7.58 cm³/mol. The van der Waals surface area contributed by atoms with Crippen LogP contribution in [-0.2, 0) is 19.5 Å². The molecule has 1 radical (unpaired) electrons. The molecule has 0 amide bonds. The van der Waals surface area contributed by atoms with E-state index in [2.05, 4.69) is 5.21 Å². The SMILES string of the molecule is [2H]ON=O.[Rh]. The zero-order valence-corrected chi connectivity index (χ0v) is 3.24. The average molecular weight is 151 g/mol. The maximum absolute atomic E-state index is 8.51. The van der Waals surface area contributed by atoms with Crippen LogP contribution in [0.25, 0.3) is 0 Å². The third-order valence-electron chi connectivity index (χ3n) is 0. The molecule has 27 valence electrons. The Morgan fingerprint density at radius 2 is 2.50 bits per heavy atom. The van der Waals surface area contributed by atoms with Crippen molar-refractivity contribution in [3.63, 3.8) is 0 Å². The molecule has 1 N–H and O–H groups in total. The number of hydrogen-bond donors (Lipinski definition) is 1. The third-order valence-corrected chi connectivity index (χ3v) is 0. The van der Waals surface area contributed by atoms with Crippen molar-refractivity contribution in [2.45, 2.75) is 0 Å². The summed E-state index contributed by atoms with van der Waals surface area (Å²) in [4.78, 5) is 8.51. The Bertz CT molecular complexity index is 23.6. The summed E-state index contributed by atoms with van der Waals surface area (Å²) in [5.41, 5.74) is 0. The normalized spacial score (nSPS) is 5.50. The molecule has 3 nitrogen and oxygen atoms in total. The van der Waals surface area contributed by atoms with Gasteiger partial charge in [0.25, 0.3) is 0 Å². The fraction of sp³-hybridized carbons (Fsp3) is 0. The number of rotatable bonds is 1. The molecule has 0 rings (SSSR count). The fourth-order valence-electron chi connectivity index (χ4n) is 0. The van der Waals surface area contributed by atoms with Crippen molar-refractivity contribution in [1.82, 2.24) is 0 Å². The molecule has 0 spiro atoms. The second-order valence-electron chi connectivity index (χ2n) is 0.0745. The van der Waals surface area contributed by atoms with E-state index in [9.17, 15) is 0 Å². The summed E-state index contributed by atoms with van der Waals surface area (Å²) >= 11 is 0. The van der Waals surface area contributed by atoms with E-state index in [0.717, 1.165) is 0 Å². The molecule has 0 aromatic rings. The Kier molecular flexibility index (Phi) is 11.9. The average Bonchev–Trinajstić information content (AvgIpc) is 1.37. The summed E-state index contributed by atoms with van der Waals surface area (Å²) in [5, 5.41) is 4.51. The molecule has 0 aliphatic heterocycles. The first-order chi connectivity index (χ1) is 1.91. The van der Waals surface area contributed by atoms with Crippen LogP contribution in [0.5, 0.6) is 0 Å². The van der Waals surface area contributed by atoms with Gasteiger partial charge in [-0.2, -0.15) is 0 Å². The van der Waals surface area contributed by atoms with E-state index in [1.54, 1.807) is 5.34 Å². The maximum Gasteiger partial charge on any atom is 0.333 e. The Morgan fingerprint density at radius 3 is 2.50 bits per heavy atom. The maximum atomic E-state index is 8.51. The zero-order chi connectivity index (χ0) is 3.41.